The molecule has 0 aliphatic heterocycles. The van der Waals surface area contributed by atoms with Gasteiger partial charge >= 0.3 is 7.12 Å². The Morgan fingerprint density at radius 2 is 1.59 bits per heavy atom. The number of furan rings is 1. The van der Waals surface area contributed by atoms with Crippen LogP contribution in [-0.2, 0) is 0 Å². The van der Waals surface area contributed by atoms with Gasteiger partial charge in [-0.2, -0.15) is 0 Å². The summed E-state index contributed by atoms with van der Waals surface area (Å²) in [6, 6.07) is 11.0. The summed E-state index contributed by atoms with van der Waals surface area (Å²) in [5, 5.41) is 20.2. The Balaban J connectivity index is 2.35. The van der Waals surface area contributed by atoms with E-state index in [0.717, 1.165) is 20.8 Å². The molecule has 0 spiro atoms. The molecule has 0 unspecified atom stereocenters. The molecular formula is C12H8BBrO3. The third-order valence-electron chi connectivity index (χ3n) is 2.76. The molecule has 2 aromatic carbocycles. The smallest absolute Gasteiger partial charge is 0.456 e. The number of rotatable bonds is 1. The number of benzene rings is 2. The van der Waals surface area contributed by atoms with Crippen LogP contribution < -0.4 is 5.46 Å². The molecule has 0 radical (unpaired) electrons. The second-order valence-electron chi connectivity index (χ2n) is 3.87. The van der Waals surface area contributed by atoms with Crippen molar-refractivity contribution in [3.05, 3.63) is 40.9 Å². The zero-order chi connectivity index (χ0) is 12.0. The topological polar surface area (TPSA) is 53.6 Å². The van der Waals surface area contributed by atoms with Gasteiger partial charge in [0.25, 0.3) is 0 Å². The van der Waals surface area contributed by atoms with Crippen LogP contribution in [0.25, 0.3) is 21.9 Å². The van der Waals surface area contributed by atoms with Gasteiger partial charge in [0.05, 0.1) is 0 Å². The third-order valence-corrected chi connectivity index (χ3v) is 3.25. The van der Waals surface area contributed by atoms with Crippen LogP contribution in [-0.4, -0.2) is 17.2 Å². The average Bonchev–Trinajstić information content (AvgIpc) is 2.64. The van der Waals surface area contributed by atoms with Gasteiger partial charge in [0.1, 0.15) is 11.2 Å². The van der Waals surface area contributed by atoms with E-state index in [9.17, 15) is 0 Å². The van der Waals surface area contributed by atoms with E-state index in [0.29, 0.717) is 11.0 Å². The molecular weight excluding hydrogens is 283 g/mol. The lowest BCUT2D eigenvalue weighted by atomic mass is 9.80. The van der Waals surface area contributed by atoms with Gasteiger partial charge in [-0.25, -0.2) is 0 Å². The fourth-order valence-corrected chi connectivity index (χ4v) is 2.27. The Morgan fingerprint density at radius 1 is 0.941 bits per heavy atom. The highest BCUT2D eigenvalue weighted by molar-refractivity contribution is 9.10. The Morgan fingerprint density at radius 3 is 2.29 bits per heavy atom. The first-order chi connectivity index (χ1) is 8.15. The van der Waals surface area contributed by atoms with Gasteiger partial charge in [-0.05, 0) is 29.7 Å². The lowest BCUT2D eigenvalue weighted by Crippen LogP contribution is -2.29. The van der Waals surface area contributed by atoms with Gasteiger partial charge < -0.3 is 14.5 Å². The summed E-state index contributed by atoms with van der Waals surface area (Å²) in [7, 11) is -1.47. The molecule has 17 heavy (non-hydrogen) atoms. The van der Waals surface area contributed by atoms with Crippen molar-refractivity contribution in [2.75, 3.05) is 0 Å². The molecule has 1 aromatic heterocycles. The van der Waals surface area contributed by atoms with Gasteiger partial charge in [0.15, 0.2) is 0 Å². The van der Waals surface area contributed by atoms with E-state index in [1.807, 2.05) is 24.3 Å². The Labute approximate surface area is 106 Å². The predicted molar refractivity (Wildman–Crippen MR) is 71.2 cm³/mol. The minimum Gasteiger partial charge on any atom is -0.456 e. The summed E-state index contributed by atoms with van der Waals surface area (Å²) >= 11 is 3.39. The van der Waals surface area contributed by atoms with Gasteiger partial charge in [0.2, 0.25) is 0 Å². The van der Waals surface area contributed by atoms with E-state index in [-0.39, 0.29) is 0 Å². The van der Waals surface area contributed by atoms with Crippen LogP contribution in [0.5, 0.6) is 0 Å². The Bertz CT molecular complexity index is 705. The zero-order valence-corrected chi connectivity index (χ0v) is 10.3. The van der Waals surface area contributed by atoms with E-state index >= 15 is 0 Å². The highest BCUT2D eigenvalue weighted by atomic mass is 79.9. The van der Waals surface area contributed by atoms with Gasteiger partial charge in [0, 0.05) is 15.2 Å². The maximum Gasteiger partial charge on any atom is 0.488 e. The van der Waals surface area contributed by atoms with E-state index in [4.69, 9.17) is 14.5 Å². The molecule has 3 nitrogen and oxygen atoms in total. The van der Waals surface area contributed by atoms with Crippen LogP contribution in [0.2, 0.25) is 0 Å². The Kier molecular flexibility index (Phi) is 2.47. The standard InChI is InChI=1S/C12H8BBrO3/c14-8-2-4-10-9-3-1-7(13(15)16)5-11(9)17-12(10)6-8/h1-6,15-16H. The molecule has 0 amide bonds. The predicted octanol–water partition coefficient (Wildman–Crippen LogP) is 2.03. The quantitative estimate of drug-likeness (QED) is 0.674. The van der Waals surface area contributed by atoms with Crippen molar-refractivity contribution < 1.29 is 14.5 Å². The number of hydrogen-bond acceptors (Lipinski definition) is 3. The molecule has 3 rings (SSSR count). The van der Waals surface area contributed by atoms with Crippen molar-refractivity contribution in [3.8, 4) is 0 Å². The largest absolute Gasteiger partial charge is 0.488 e. The average molecular weight is 291 g/mol. The lowest BCUT2D eigenvalue weighted by molar-refractivity contribution is 0.425. The lowest BCUT2D eigenvalue weighted by Gasteiger charge is -1.97. The fourth-order valence-electron chi connectivity index (χ4n) is 1.93. The van der Waals surface area contributed by atoms with Crippen molar-refractivity contribution in [1.29, 1.82) is 0 Å². The highest BCUT2D eigenvalue weighted by Gasteiger charge is 2.14. The van der Waals surface area contributed by atoms with Crippen LogP contribution in [0.15, 0.2) is 45.3 Å². The summed E-state index contributed by atoms with van der Waals surface area (Å²) in [5.74, 6) is 0. The van der Waals surface area contributed by atoms with E-state index in [1.54, 1.807) is 12.1 Å². The van der Waals surface area contributed by atoms with E-state index in [2.05, 4.69) is 15.9 Å². The molecule has 0 saturated heterocycles. The minimum atomic E-state index is -1.47. The molecule has 84 valence electrons. The zero-order valence-electron chi connectivity index (χ0n) is 8.72. The number of halogens is 1. The first-order valence-corrected chi connectivity index (χ1v) is 5.92. The molecule has 0 atom stereocenters. The molecule has 0 saturated carbocycles. The first-order valence-electron chi connectivity index (χ1n) is 5.13. The minimum absolute atomic E-state index is 0.427. The van der Waals surface area contributed by atoms with Crippen LogP contribution in [0.1, 0.15) is 0 Å². The van der Waals surface area contributed by atoms with Gasteiger partial charge in [-0.15, -0.1) is 0 Å². The van der Waals surface area contributed by atoms with Crippen molar-refractivity contribution in [2.45, 2.75) is 0 Å². The van der Waals surface area contributed by atoms with Crippen LogP contribution in [0.4, 0.5) is 0 Å². The van der Waals surface area contributed by atoms with Gasteiger partial charge in [-0.3, -0.25) is 0 Å². The maximum absolute atomic E-state index is 9.11. The molecule has 0 aliphatic carbocycles. The Hall–Kier alpha value is -1.30. The first kappa shape index (κ1) is 10.8. The molecule has 0 bridgehead atoms. The molecule has 2 N–H and O–H groups in total. The molecule has 5 heteroatoms. The fraction of sp³-hybridized carbons (Fsp3) is 0. The van der Waals surface area contributed by atoms with Crippen molar-refractivity contribution >= 4 is 50.4 Å². The summed E-state index contributed by atoms with van der Waals surface area (Å²) in [5.41, 5.74) is 1.86. The summed E-state index contributed by atoms with van der Waals surface area (Å²) in [6.45, 7) is 0. The van der Waals surface area contributed by atoms with E-state index < -0.39 is 7.12 Å². The number of hydrogen-bond donors (Lipinski definition) is 2. The number of fused-ring (bicyclic) bond motifs is 3. The molecule has 0 aliphatic rings. The summed E-state index contributed by atoms with van der Waals surface area (Å²) in [6.07, 6.45) is 0. The third kappa shape index (κ3) is 1.76. The molecule has 1 heterocycles. The van der Waals surface area contributed by atoms with Crippen molar-refractivity contribution in [3.63, 3.8) is 0 Å². The molecule has 0 fully saturated rings. The van der Waals surface area contributed by atoms with E-state index in [1.165, 1.54) is 0 Å². The highest BCUT2D eigenvalue weighted by Crippen LogP contribution is 2.29. The maximum atomic E-state index is 9.11. The molecule has 3 aromatic rings. The second-order valence-corrected chi connectivity index (χ2v) is 4.79. The van der Waals surface area contributed by atoms with Crippen LogP contribution in [0, 0.1) is 0 Å². The summed E-state index contributed by atoms with van der Waals surface area (Å²) in [4.78, 5) is 0. The van der Waals surface area contributed by atoms with Crippen LogP contribution in [0.3, 0.4) is 0 Å². The SMILES string of the molecule is OB(O)c1ccc2c(c1)oc1cc(Br)ccc12. The van der Waals surface area contributed by atoms with Gasteiger partial charge in [-0.1, -0.05) is 28.1 Å². The van der Waals surface area contributed by atoms with Crippen molar-refractivity contribution in [2.24, 2.45) is 0 Å². The monoisotopic (exact) mass is 290 g/mol. The summed E-state index contributed by atoms with van der Waals surface area (Å²) < 4.78 is 6.62. The normalized spacial score (nSPS) is 11.2. The second kappa shape index (κ2) is 3.87. The van der Waals surface area contributed by atoms with Crippen LogP contribution >= 0.6 is 15.9 Å². The van der Waals surface area contributed by atoms with Crippen molar-refractivity contribution in [1.82, 2.24) is 0 Å².